The third-order valence-electron chi connectivity index (χ3n) is 3.95. The van der Waals surface area contributed by atoms with E-state index in [0.29, 0.717) is 18.1 Å². The van der Waals surface area contributed by atoms with Gasteiger partial charge < -0.3 is 10.2 Å². The number of nitrogens with one attached hydrogen (secondary N) is 1. The number of nitrogens with zero attached hydrogens (tertiary/aromatic N) is 1. The summed E-state index contributed by atoms with van der Waals surface area (Å²) in [6, 6.07) is 10.1. The summed E-state index contributed by atoms with van der Waals surface area (Å²) in [5.74, 6) is 0.505. The van der Waals surface area contributed by atoms with Gasteiger partial charge >= 0.3 is 0 Å². The molecule has 1 aliphatic heterocycles. The molecule has 1 N–H and O–H groups in total. The molecule has 0 aliphatic carbocycles. The molecule has 0 radical (unpaired) electrons. The van der Waals surface area contributed by atoms with Gasteiger partial charge in [0.05, 0.1) is 11.5 Å². The molecule has 1 saturated heterocycles. The van der Waals surface area contributed by atoms with Crippen LogP contribution in [0.3, 0.4) is 0 Å². The van der Waals surface area contributed by atoms with Crippen molar-refractivity contribution in [1.82, 2.24) is 10.2 Å². The normalized spacial score (nSPS) is 19.8. The van der Waals surface area contributed by atoms with Crippen LogP contribution in [0.5, 0.6) is 0 Å². The van der Waals surface area contributed by atoms with Crippen LogP contribution in [-0.4, -0.2) is 42.5 Å². The first kappa shape index (κ1) is 17.2. The molecule has 6 heteroatoms. The maximum Gasteiger partial charge on any atom is 0.169 e. The van der Waals surface area contributed by atoms with Gasteiger partial charge in [0.1, 0.15) is 0 Å². The summed E-state index contributed by atoms with van der Waals surface area (Å²) in [7, 11) is -2.90. The Bertz CT molecular complexity index is 587. The van der Waals surface area contributed by atoms with Crippen molar-refractivity contribution in [3.63, 3.8) is 0 Å². The van der Waals surface area contributed by atoms with Crippen molar-refractivity contribution in [3.05, 3.63) is 35.9 Å². The van der Waals surface area contributed by atoms with Gasteiger partial charge in [-0.3, -0.25) is 0 Å². The predicted molar refractivity (Wildman–Crippen MR) is 94.6 cm³/mol. The molecule has 1 aromatic rings. The fraction of sp³-hybridized carbons (Fsp3) is 0.562. The minimum atomic E-state index is -2.90. The molecule has 0 amide bonds. The highest BCUT2D eigenvalue weighted by Crippen LogP contribution is 2.18. The summed E-state index contributed by atoms with van der Waals surface area (Å²) in [6.07, 6.45) is 2.76. The lowest BCUT2D eigenvalue weighted by Crippen LogP contribution is -2.46. The van der Waals surface area contributed by atoms with E-state index < -0.39 is 9.84 Å². The Hall–Kier alpha value is -1.14. The van der Waals surface area contributed by atoms with E-state index in [-0.39, 0.29) is 17.5 Å². The smallest absolute Gasteiger partial charge is 0.169 e. The monoisotopic (exact) mass is 340 g/mol. The lowest BCUT2D eigenvalue weighted by atomic mass is 10.2. The first-order valence-corrected chi connectivity index (χ1v) is 10.0. The molecule has 0 saturated carbocycles. The van der Waals surface area contributed by atoms with Crippen LogP contribution in [0, 0.1) is 0 Å². The molecule has 4 nitrogen and oxygen atoms in total. The average Bonchev–Trinajstić information content (AvgIpc) is 2.86. The SMILES string of the molecule is CCCCN(C(=S)NCc1ccccc1)[C@H]1CCS(=O)(=O)C1. The number of rotatable bonds is 6. The largest absolute Gasteiger partial charge is 0.358 e. The van der Waals surface area contributed by atoms with Crippen LogP contribution in [0.25, 0.3) is 0 Å². The molecule has 22 heavy (non-hydrogen) atoms. The minimum absolute atomic E-state index is 0.0207. The van der Waals surface area contributed by atoms with Gasteiger partial charge in [-0.05, 0) is 30.6 Å². The minimum Gasteiger partial charge on any atom is -0.358 e. The first-order valence-electron chi connectivity index (χ1n) is 7.80. The van der Waals surface area contributed by atoms with Crippen molar-refractivity contribution in [2.75, 3.05) is 18.1 Å². The van der Waals surface area contributed by atoms with Gasteiger partial charge in [-0.1, -0.05) is 43.7 Å². The molecule has 2 rings (SSSR count). The van der Waals surface area contributed by atoms with Gasteiger partial charge in [-0.2, -0.15) is 0 Å². The highest BCUT2D eigenvalue weighted by Gasteiger charge is 2.33. The summed E-state index contributed by atoms with van der Waals surface area (Å²) < 4.78 is 23.5. The standard InChI is InChI=1S/C16H24N2O2S2/c1-2-3-10-18(15-9-11-22(19,20)13-15)16(21)17-12-14-7-5-4-6-8-14/h4-8,15H,2-3,9-13H2,1H3,(H,17,21)/t15-/m0/s1. The third kappa shape index (κ3) is 4.95. The molecule has 0 spiro atoms. The highest BCUT2D eigenvalue weighted by molar-refractivity contribution is 7.91. The van der Waals surface area contributed by atoms with Gasteiger partial charge in [0.25, 0.3) is 0 Å². The number of sulfone groups is 1. The van der Waals surface area contributed by atoms with E-state index in [0.717, 1.165) is 19.4 Å². The zero-order chi connectivity index (χ0) is 16.0. The van der Waals surface area contributed by atoms with Crippen molar-refractivity contribution in [2.24, 2.45) is 0 Å². The second-order valence-corrected chi connectivity index (χ2v) is 8.36. The van der Waals surface area contributed by atoms with Crippen LogP contribution < -0.4 is 5.32 Å². The summed E-state index contributed by atoms with van der Waals surface area (Å²) in [6.45, 7) is 3.61. The van der Waals surface area contributed by atoms with E-state index in [2.05, 4.69) is 17.1 Å². The molecule has 1 fully saturated rings. The Morgan fingerprint density at radius 1 is 1.36 bits per heavy atom. The lowest BCUT2D eigenvalue weighted by molar-refractivity contribution is 0.324. The Kier molecular flexibility index (Phi) is 6.20. The van der Waals surface area contributed by atoms with E-state index in [1.807, 2.05) is 30.3 Å². The molecule has 1 atom stereocenters. The Morgan fingerprint density at radius 3 is 2.68 bits per heavy atom. The number of benzene rings is 1. The van der Waals surface area contributed by atoms with Crippen LogP contribution in [0.15, 0.2) is 30.3 Å². The maximum absolute atomic E-state index is 11.7. The van der Waals surface area contributed by atoms with Crippen LogP contribution >= 0.6 is 12.2 Å². The Morgan fingerprint density at radius 2 is 2.09 bits per heavy atom. The van der Waals surface area contributed by atoms with Crippen LogP contribution in [0.1, 0.15) is 31.7 Å². The highest BCUT2D eigenvalue weighted by atomic mass is 32.2. The van der Waals surface area contributed by atoms with Crippen molar-refractivity contribution >= 4 is 27.2 Å². The second kappa shape index (κ2) is 7.92. The van der Waals surface area contributed by atoms with Crippen molar-refractivity contribution < 1.29 is 8.42 Å². The second-order valence-electron chi connectivity index (χ2n) is 5.75. The number of hydrogen-bond donors (Lipinski definition) is 1. The lowest BCUT2D eigenvalue weighted by Gasteiger charge is -2.31. The molecular formula is C16H24N2O2S2. The van der Waals surface area contributed by atoms with E-state index in [1.165, 1.54) is 5.56 Å². The molecular weight excluding hydrogens is 316 g/mol. The molecule has 0 aromatic heterocycles. The zero-order valence-corrected chi connectivity index (χ0v) is 14.6. The van der Waals surface area contributed by atoms with Gasteiger partial charge in [0, 0.05) is 19.1 Å². The van der Waals surface area contributed by atoms with E-state index in [9.17, 15) is 8.42 Å². The Balaban J connectivity index is 1.97. The summed E-state index contributed by atoms with van der Waals surface area (Å²) in [4.78, 5) is 2.08. The topological polar surface area (TPSA) is 49.4 Å². The summed E-state index contributed by atoms with van der Waals surface area (Å²) >= 11 is 5.52. The van der Waals surface area contributed by atoms with E-state index in [1.54, 1.807) is 0 Å². The number of thiocarbonyl (C=S) groups is 1. The summed E-state index contributed by atoms with van der Waals surface area (Å²) in [5.41, 5.74) is 1.17. The van der Waals surface area contributed by atoms with Gasteiger partial charge in [-0.15, -0.1) is 0 Å². The first-order chi connectivity index (χ1) is 10.5. The third-order valence-corrected chi connectivity index (χ3v) is 6.08. The van der Waals surface area contributed by atoms with Crippen LogP contribution in [0.4, 0.5) is 0 Å². The summed E-state index contributed by atoms with van der Waals surface area (Å²) in [5, 5.41) is 3.94. The molecule has 122 valence electrons. The van der Waals surface area contributed by atoms with E-state index >= 15 is 0 Å². The molecule has 1 aromatic carbocycles. The molecule has 1 heterocycles. The van der Waals surface area contributed by atoms with Crippen LogP contribution in [0.2, 0.25) is 0 Å². The molecule has 0 bridgehead atoms. The molecule has 1 aliphatic rings. The van der Waals surface area contributed by atoms with Crippen molar-refractivity contribution in [2.45, 2.75) is 38.8 Å². The average molecular weight is 341 g/mol. The maximum atomic E-state index is 11.7. The fourth-order valence-corrected chi connectivity index (χ4v) is 4.72. The van der Waals surface area contributed by atoms with E-state index in [4.69, 9.17) is 12.2 Å². The zero-order valence-electron chi connectivity index (χ0n) is 13.0. The van der Waals surface area contributed by atoms with Crippen LogP contribution in [-0.2, 0) is 16.4 Å². The van der Waals surface area contributed by atoms with Gasteiger partial charge in [0.2, 0.25) is 0 Å². The number of hydrogen-bond acceptors (Lipinski definition) is 3. The van der Waals surface area contributed by atoms with Gasteiger partial charge in [0.15, 0.2) is 14.9 Å². The Labute approximate surface area is 138 Å². The van der Waals surface area contributed by atoms with Crippen molar-refractivity contribution in [1.29, 1.82) is 0 Å². The molecule has 0 unspecified atom stereocenters. The quantitative estimate of drug-likeness (QED) is 0.806. The van der Waals surface area contributed by atoms with Gasteiger partial charge in [-0.25, -0.2) is 8.42 Å². The fourth-order valence-electron chi connectivity index (χ4n) is 2.67. The van der Waals surface area contributed by atoms with Crippen molar-refractivity contribution in [3.8, 4) is 0 Å². The number of unbranched alkanes of at least 4 members (excludes halogenated alkanes) is 1. The predicted octanol–water partition coefficient (Wildman–Crippen LogP) is 2.35.